The van der Waals surface area contributed by atoms with E-state index in [1.807, 2.05) is 30.0 Å². The highest BCUT2D eigenvalue weighted by Crippen LogP contribution is 2.11. The molecule has 0 aliphatic rings. The van der Waals surface area contributed by atoms with Crippen LogP contribution in [0.2, 0.25) is 0 Å². The van der Waals surface area contributed by atoms with Crippen LogP contribution in [0.4, 0.5) is 0 Å². The minimum Gasteiger partial charge on any atom is -0.309 e. The zero-order valence-electron chi connectivity index (χ0n) is 13.9. The van der Waals surface area contributed by atoms with Gasteiger partial charge in [0.25, 0.3) is 0 Å². The summed E-state index contributed by atoms with van der Waals surface area (Å²) in [6.45, 7) is 7.94. The molecule has 0 atom stereocenters. The Balaban J connectivity index is 1.58. The van der Waals surface area contributed by atoms with E-state index in [-0.39, 0.29) is 0 Å². The molecule has 0 aliphatic carbocycles. The van der Waals surface area contributed by atoms with E-state index < -0.39 is 0 Å². The van der Waals surface area contributed by atoms with Gasteiger partial charge in [-0.3, -0.25) is 4.57 Å². The number of benzene rings is 1. The van der Waals surface area contributed by atoms with Crippen LogP contribution in [0.1, 0.15) is 28.1 Å². The van der Waals surface area contributed by atoms with Crippen molar-refractivity contribution >= 4 is 0 Å². The summed E-state index contributed by atoms with van der Waals surface area (Å²) in [7, 11) is 0. The van der Waals surface area contributed by atoms with Gasteiger partial charge in [0.1, 0.15) is 11.6 Å². The summed E-state index contributed by atoms with van der Waals surface area (Å²) in [5.74, 6) is 1.84. The molecule has 0 fully saturated rings. The van der Waals surface area contributed by atoms with Crippen LogP contribution in [0.5, 0.6) is 0 Å². The van der Waals surface area contributed by atoms with E-state index in [1.165, 1.54) is 22.3 Å². The Morgan fingerprint density at radius 2 is 1.70 bits per heavy atom. The molecule has 0 radical (unpaired) electrons. The van der Waals surface area contributed by atoms with Crippen molar-refractivity contribution in [2.24, 2.45) is 0 Å². The number of rotatable bonds is 5. The fourth-order valence-electron chi connectivity index (χ4n) is 2.55. The molecule has 2 aromatic heterocycles. The molecule has 0 unspecified atom stereocenters. The topological polar surface area (TPSA) is 42.7 Å². The van der Waals surface area contributed by atoms with Gasteiger partial charge in [-0.2, -0.15) is 0 Å². The van der Waals surface area contributed by atoms with E-state index in [4.69, 9.17) is 0 Å². The molecule has 2 heterocycles. The second-order valence-corrected chi connectivity index (χ2v) is 5.89. The minimum absolute atomic E-state index is 0.809. The first-order valence-corrected chi connectivity index (χ1v) is 7.85. The maximum Gasteiger partial charge on any atom is 0.137 e. The second kappa shape index (κ2) is 6.75. The largest absolute Gasteiger partial charge is 0.309 e. The standard InChI is InChI=1S/C19H22N4/c1-14-4-5-17(10-15(14)2)11-20-12-18-6-7-19(22-13-18)23-9-8-21-16(23)3/h4-10,13,20H,11-12H2,1-3H3. The maximum atomic E-state index is 4.52. The van der Waals surface area contributed by atoms with Gasteiger partial charge < -0.3 is 5.32 Å². The van der Waals surface area contributed by atoms with Crippen molar-refractivity contribution in [1.29, 1.82) is 0 Å². The predicted octanol–water partition coefficient (Wildman–Crippen LogP) is 3.48. The van der Waals surface area contributed by atoms with Crippen molar-refractivity contribution < 1.29 is 0 Å². The van der Waals surface area contributed by atoms with Gasteiger partial charge >= 0.3 is 0 Å². The summed E-state index contributed by atoms with van der Waals surface area (Å²) in [6, 6.07) is 10.7. The highest BCUT2D eigenvalue weighted by Gasteiger charge is 2.02. The fourth-order valence-corrected chi connectivity index (χ4v) is 2.55. The summed E-state index contributed by atoms with van der Waals surface area (Å²) < 4.78 is 1.98. The molecule has 4 heteroatoms. The number of imidazole rings is 1. The number of hydrogen-bond acceptors (Lipinski definition) is 3. The van der Waals surface area contributed by atoms with Gasteiger partial charge in [0, 0.05) is 31.7 Å². The van der Waals surface area contributed by atoms with Gasteiger partial charge in [-0.25, -0.2) is 9.97 Å². The average molecular weight is 306 g/mol. The van der Waals surface area contributed by atoms with E-state index in [1.54, 1.807) is 6.20 Å². The van der Waals surface area contributed by atoms with Gasteiger partial charge in [-0.15, -0.1) is 0 Å². The molecular formula is C19H22N4. The molecule has 0 aliphatic heterocycles. The maximum absolute atomic E-state index is 4.52. The number of aromatic nitrogens is 3. The van der Waals surface area contributed by atoms with E-state index >= 15 is 0 Å². The molecule has 0 amide bonds. The van der Waals surface area contributed by atoms with Crippen LogP contribution < -0.4 is 5.32 Å². The third kappa shape index (κ3) is 3.66. The van der Waals surface area contributed by atoms with Crippen LogP contribution in [-0.4, -0.2) is 14.5 Å². The second-order valence-electron chi connectivity index (χ2n) is 5.89. The van der Waals surface area contributed by atoms with Gasteiger partial charge in [0.05, 0.1) is 0 Å². The average Bonchev–Trinajstić information content (AvgIpc) is 2.98. The van der Waals surface area contributed by atoms with Crippen molar-refractivity contribution in [2.75, 3.05) is 0 Å². The molecule has 1 N–H and O–H groups in total. The molecule has 0 spiro atoms. The lowest BCUT2D eigenvalue weighted by atomic mass is 10.1. The molecule has 3 rings (SSSR count). The van der Waals surface area contributed by atoms with Gasteiger partial charge in [-0.1, -0.05) is 24.3 Å². The predicted molar refractivity (Wildman–Crippen MR) is 92.6 cm³/mol. The monoisotopic (exact) mass is 306 g/mol. The Bertz CT molecular complexity index is 787. The zero-order chi connectivity index (χ0) is 16.2. The van der Waals surface area contributed by atoms with Crippen molar-refractivity contribution in [3.05, 3.63) is 77.0 Å². The molecule has 23 heavy (non-hydrogen) atoms. The van der Waals surface area contributed by atoms with Crippen LogP contribution in [0.25, 0.3) is 5.82 Å². The van der Waals surface area contributed by atoms with Crippen molar-refractivity contribution in [3.63, 3.8) is 0 Å². The molecular weight excluding hydrogens is 284 g/mol. The third-order valence-electron chi connectivity index (χ3n) is 4.11. The Morgan fingerprint density at radius 1 is 0.913 bits per heavy atom. The lowest BCUT2D eigenvalue weighted by Crippen LogP contribution is -2.13. The van der Waals surface area contributed by atoms with E-state index in [0.717, 1.165) is 24.7 Å². The highest BCUT2D eigenvalue weighted by atomic mass is 15.1. The van der Waals surface area contributed by atoms with Crippen molar-refractivity contribution in [3.8, 4) is 5.82 Å². The van der Waals surface area contributed by atoms with Gasteiger partial charge in [-0.05, 0) is 49.1 Å². The summed E-state index contributed by atoms with van der Waals surface area (Å²) >= 11 is 0. The smallest absolute Gasteiger partial charge is 0.137 e. The van der Waals surface area contributed by atoms with Crippen LogP contribution in [0.15, 0.2) is 48.9 Å². The van der Waals surface area contributed by atoms with E-state index in [0.29, 0.717) is 0 Å². The summed E-state index contributed by atoms with van der Waals surface area (Å²) in [5.41, 5.74) is 5.16. The Hall–Kier alpha value is -2.46. The Morgan fingerprint density at radius 3 is 2.35 bits per heavy atom. The Labute approximate surface area is 137 Å². The van der Waals surface area contributed by atoms with E-state index in [9.17, 15) is 0 Å². The van der Waals surface area contributed by atoms with E-state index in [2.05, 4.69) is 53.4 Å². The number of nitrogens with one attached hydrogen (secondary N) is 1. The molecule has 118 valence electrons. The lowest BCUT2D eigenvalue weighted by molar-refractivity contribution is 0.690. The summed E-state index contributed by atoms with van der Waals surface area (Å²) in [4.78, 5) is 8.74. The van der Waals surface area contributed by atoms with Crippen LogP contribution in [0.3, 0.4) is 0 Å². The minimum atomic E-state index is 0.809. The number of hydrogen-bond donors (Lipinski definition) is 1. The van der Waals surface area contributed by atoms with Crippen molar-refractivity contribution in [1.82, 2.24) is 19.9 Å². The molecule has 0 saturated carbocycles. The van der Waals surface area contributed by atoms with Crippen LogP contribution in [0, 0.1) is 20.8 Å². The molecule has 0 saturated heterocycles. The highest BCUT2D eigenvalue weighted by molar-refractivity contribution is 5.30. The van der Waals surface area contributed by atoms with Crippen LogP contribution >= 0.6 is 0 Å². The SMILES string of the molecule is Cc1ccc(CNCc2ccc(-n3ccnc3C)nc2)cc1C. The zero-order valence-corrected chi connectivity index (χ0v) is 13.9. The summed E-state index contributed by atoms with van der Waals surface area (Å²) in [5, 5.41) is 3.47. The molecule has 0 bridgehead atoms. The quantitative estimate of drug-likeness (QED) is 0.784. The number of pyridine rings is 1. The Kier molecular flexibility index (Phi) is 4.53. The number of aryl methyl sites for hydroxylation is 3. The molecule has 4 nitrogen and oxygen atoms in total. The van der Waals surface area contributed by atoms with Gasteiger partial charge in [0.15, 0.2) is 0 Å². The third-order valence-corrected chi connectivity index (χ3v) is 4.11. The van der Waals surface area contributed by atoms with Crippen molar-refractivity contribution in [2.45, 2.75) is 33.9 Å². The first kappa shape index (κ1) is 15.4. The lowest BCUT2D eigenvalue weighted by Gasteiger charge is -2.08. The molecule has 1 aromatic carbocycles. The van der Waals surface area contributed by atoms with Gasteiger partial charge in [0.2, 0.25) is 0 Å². The first-order chi connectivity index (χ1) is 11.1. The fraction of sp³-hybridized carbons (Fsp3) is 0.263. The molecule has 3 aromatic rings. The number of nitrogens with zero attached hydrogens (tertiary/aromatic N) is 3. The first-order valence-electron chi connectivity index (χ1n) is 7.85. The summed E-state index contributed by atoms with van der Waals surface area (Å²) in [6.07, 6.45) is 5.63. The van der Waals surface area contributed by atoms with Crippen LogP contribution in [-0.2, 0) is 13.1 Å². The normalized spacial score (nSPS) is 10.9.